The zero-order valence-electron chi connectivity index (χ0n) is 12.8. The van der Waals surface area contributed by atoms with Crippen LogP contribution < -0.4 is 5.32 Å². The summed E-state index contributed by atoms with van der Waals surface area (Å²) in [5, 5.41) is 2.39. The summed E-state index contributed by atoms with van der Waals surface area (Å²) < 4.78 is 0. The zero-order chi connectivity index (χ0) is 15.1. The number of urea groups is 1. The van der Waals surface area contributed by atoms with Crippen LogP contribution >= 0.6 is 0 Å². The number of barbiturate groups is 1. The number of carbonyl (C=O) groups excluding carboxylic acids is 3. The van der Waals surface area contributed by atoms with Crippen LogP contribution in [0.5, 0.6) is 0 Å². The Kier molecular flexibility index (Phi) is 3.65. The Morgan fingerprint density at radius 3 is 2.25 bits per heavy atom. The number of hydrogen-bond acceptors (Lipinski definition) is 3. The molecule has 0 bridgehead atoms. The first-order chi connectivity index (χ1) is 9.30. The third-order valence-corrected chi connectivity index (χ3v) is 5.22. The van der Waals surface area contributed by atoms with Crippen molar-refractivity contribution in [3.8, 4) is 0 Å². The van der Waals surface area contributed by atoms with Gasteiger partial charge in [-0.25, -0.2) is 4.79 Å². The van der Waals surface area contributed by atoms with Gasteiger partial charge in [0.15, 0.2) is 0 Å². The predicted octanol–water partition coefficient (Wildman–Crippen LogP) is 2.45. The molecule has 1 N–H and O–H groups in total. The van der Waals surface area contributed by atoms with Crippen LogP contribution in [0.3, 0.4) is 0 Å². The Labute approximate surface area is 120 Å². The molecule has 1 saturated carbocycles. The smallest absolute Gasteiger partial charge is 0.277 e. The number of imide groups is 2. The van der Waals surface area contributed by atoms with E-state index in [0.717, 1.165) is 19.3 Å². The zero-order valence-corrected chi connectivity index (χ0v) is 12.8. The highest BCUT2D eigenvalue weighted by atomic mass is 16.2. The Balaban J connectivity index is 2.40. The number of nitrogens with one attached hydrogen (secondary N) is 1. The molecule has 1 saturated heterocycles. The van der Waals surface area contributed by atoms with Crippen molar-refractivity contribution in [2.45, 2.75) is 65.8 Å². The molecule has 20 heavy (non-hydrogen) atoms. The molecule has 4 amide bonds. The van der Waals surface area contributed by atoms with Crippen LogP contribution in [0.25, 0.3) is 0 Å². The van der Waals surface area contributed by atoms with Gasteiger partial charge >= 0.3 is 6.03 Å². The average Bonchev–Trinajstić information content (AvgIpc) is 2.71. The van der Waals surface area contributed by atoms with E-state index in [1.165, 1.54) is 4.90 Å². The third kappa shape index (κ3) is 1.95. The topological polar surface area (TPSA) is 66.5 Å². The van der Waals surface area contributed by atoms with E-state index >= 15 is 0 Å². The second-order valence-electron chi connectivity index (χ2n) is 6.62. The number of nitrogens with zero attached hydrogens (tertiary/aromatic N) is 1. The molecule has 1 heterocycles. The highest BCUT2D eigenvalue weighted by Crippen LogP contribution is 2.43. The fourth-order valence-electron chi connectivity index (χ4n) is 3.64. The normalized spacial score (nSPS) is 28.7. The molecule has 1 aliphatic heterocycles. The maximum Gasteiger partial charge on any atom is 0.331 e. The monoisotopic (exact) mass is 280 g/mol. The number of carbonyl (C=O) groups is 3. The Morgan fingerprint density at radius 2 is 1.80 bits per heavy atom. The van der Waals surface area contributed by atoms with Crippen LogP contribution in [0.1, 0.15) is 59.8 Å². The maximum absolute atomic E-state index is 12.8. The number of hydrogen-bond donors (Lipinski definition) is 1. The minimum absolute atomic E-state index is 0.0827. The first-order valence-corrected chi connectivity index (χ1v) is 7.49. The molecule has 2 aliphatic rings. The lowest BCUT2D eigenvalue weighted by Crippen LogP contribution is -2.67. The summed E-state index contributed by atoms with van der Waals surface area (Å²) in [4.78, 5) is 38.5. The highest BCUT2D eigenvalue weighted by molar-refractivity contribution is 6.19. The highest BCUT2D eigenvalue weighted by Gasteiger charge is 2.55. The molecule has 0 radical (unpaired) electrons. The van der Waals surface area contributed by atoms with E-state index < -0.39 is 17.4 Å². The van der Waals surface area contributed by atoms with Crippen molar-refractivity contribution in [1.82, 2.24) is 10.2 Å². The quantitative estimate of drug-likeness (QED) is 0.807. The van der Waals surface area contributed by atoms with Crippen molar-refractivity contribution >= 4 is 17.8 Å². The maximum atomic E-state index is 12.8. The molecule has 2 rings (SSSR count). The summed E-state index contributed by atoms with van der Waals surface area (Å²) in [5.74, 6) is -0.749. The van der Waals surface area contributed by atoms with E-state index in [4.69, 9.17) is 0 Å². The van der Waals surface area contributed by atoms with E-state index in [9.17, 15) is 14.4 Å². The molecule has 112 valence electrons. The Morgan fingerprint density at radius 1 is 1.20 bits per heavy atom. The summed E-state index contributed by atoms with van der Waals surface area (Å²) in [7, 11) is 0. The molecule has 5 heteroatoms. The summed E-state index contributed by atoms with van der Waals surface area (Å²) in [6.45, 7) is 7.83. The van der Waals surface area contributed by atoms with Crippen molar-refractivity contribution in [2.24, 2.45) is 10.8 Å². The molecule has 0 spiro atoms. The van der Waals surface area contributed by atoms with Gasteiger partial charge in [-0.3, -0.25) is 19.8 Å². The Hall–Kier alpha value is -1.39. The van der Waals surface area contributed by atoms with Gasteiger partial charge in [0.25, 0.3) is 0 Å². The molecule has 1 atom stereocenters. The van der Waals surface area contributed by atoms with Gasteiger partial charge in [0.1, 0.15) is 5.41 Å². The number of amides is 4. The van der Waals surface area contributed by atoms with Crippen molar-refractivity contribution < 1.29 is 14.4 Å². The van der Waals surface area contributed by atoms with Crippen molar-refractivity contribution in [3.63, 3.8) is 0 Å². The average molecular weight is 280 g/mol. The summed E-state index contributed by atoms with van der Waals surface area (Å²) in [6, 6.07) is -0.655. The molecule has 2 fully saturated rings. The van der Waals surface area contributed by atoms with Crippen LogP contribution in [-0.4, -0.2) is 28.8 Å². The molecule has 1 aliphatic carbocycles. The summed E-state index contributed by atoms with van der Waals surface area (Å²) in [5.41, 5.74) is -1.16. The Bertz CT molecular complexity index is 452. The van der Waals surface area contributed by atoms with Crippen LogP contribution in [0.4, 0.5) is 4.79 Å². The fourth-order valence-corrected chi connectivity index (χ4v) is 3.64. The summed E-state index contributed by atoms with van der Waals surface area (Å²) >= 11 is 0. The van der Waals surface area contributed by atoms with E-state index in [-0.39, 0.29) is 17.4 Å². The van der Waals surface area contributed by atoms with Crippen LogP contribution in [0, 0.1) is 10.8 Å². The predicted molar refractivity (Wildman–Crippen MR) is 74.8 cm³/mol. The lowest BCUT2D eigenvalue weighted by molar-refractivity contribution is -0.154. The molecule has 5 nitrogen and oxygen atoms in total. The van der Waals surface area contributed by atoms with Gasteiger partial charge in [-0.2, -0.15) is 0 Å². The molecule has 0 aromatic rings. The van der Waals surface area contributed by atoms with Crippen LogP contribution in [-0.2, 0) is 9.59 Å². The van der Waals surface area contributed by atoms with Crippen molar-refractivity contribution in [3.05, 3.63) is 0 Å². The van der Waals surface area contributed by atoms with E-state index in [1.807, 2.05) is 13.8 Å². The first kappa shape index (κ1) is 15.0. The molecule has 1 unspecified atom stereocenters. The largest absolute Gasteiger partial charge is 0.331 e. The lowest BCUT2D eigenvalue weighted by Gasteiger charge is -2.44. The standard InChI is InChI=1S/C15H24N2O3/c1-5-15(6-2)11(18)16-13(20)17(12(15)19)10-8-7-9-14(10,3)4/h10H,5-9H2,1-4H3,(H,16,18,20). The fraction of sp³-hybridized carbons (Fsp3) is 0.800. The van der Waals surface area contributed by atoms with Crippen LogP contribution in [0.15, 0.2) is 0 Å². The molecule has 0 aromatic carbocycles. The molecular formula is C15H24N2O3. The van der Waals surface area contributed by atoms with Crippen molar-refractivity contribution in [1.29, 1.82) is 0 Å². The summed E-state index contributed by atoms with van der Waals surface area (Å²) in [6.07, 6.45) is 3.67. The van der Waals surface area contributed by atoms with Gasteiger partial charge in [0, 0.05) is 6.04 Å². The van der Waals surface area contributed by atoms with Gasteiger partial charge in [-0.05, 0) is 31.1 Å². The van der Waals surface area contributed by atoms with E-state index in [0.29, 0.717) is 12.8 Å². The minimum Gasteiger partial charge on any atom is -0.277 e. The van der Waals surface area contributed by atoms with Crippen molar-refractivity contribution in [2.75, 3.05) is 0 Å². The SMILES string of the molecule is CCC1(CC)C(=O)NC(=O)N(C2CCCC2(C)C)C1=O. The van der Waals surface area contributed by atoms with Gasteiger partial charge in [0.05, 0.1) is 0 Å². The first-order valence-electron chi connectivity index (χ1n) is 7.49. The number of rotatable bonds is 3. The van der Waals surface area contributed by atoms with Gasteiger partial charge in [-0.1, -0.05) is 34.1 Å². The van der Waals surface area contributed by atoms with E-state index in [1.54, 1.807) is 0 Å². The minimum atomic E-state index is -1.08. The molecular weight excluding hydrogens is 256 g/mol. The van der Waals surface area contributed by atoms with Gasteiger partial charge in [0.2, 0.25) is 11.8 Å². The second-order valence-corrected chi connectivity index (χ2v) is 6.62. The van der Waals surface area contributed by atoms with Gasteiger partial charge < -0.3 is 0 Å². The third-order valence-electron chi connectivity index (χ3n) is 5.22. The van der Waals surface area contributed by atoms with E-state index in [2.05, 4.69) is 19.2 Å². The van der Waals surface area contributed by atoms with Crippen LogP contribution in [0.2, 0.25) is 0 Å². The molecule has 0 aromatic heterocycles. The lowest BCUT2D eigenvalue weighted by atomic mass is 9.77. The van der Waals surface area contributed by atoms with Gasteiger partial charge in [-0.15, -0.1) is 0 Å². The second kappa shape index (κ2) is 4.86.